The SMILES string of the molecule is CCCCN1c2cccnc2-n2cccc2[C@@]12CCN(C(=O)Cc1ccccn1)C2. The van der Waals surface area contributed by atoms with Crippen molar-refractivity contribution >= 4 is 11.6 Å². The van der Waals surface area contributed by atoms with E-state index in [1.54, 1.807) is 6.20 Å². The Bertz CT molecular complexity index is 1050. The lowest BCUT2D eigenvalue weighted by atomic mass is 9.88. The minimum Gasteiger partial charge on any atom is -0.355 e. The molecule has 2 aliphatic heterocycles. The maximum atomic E-state index is 13.1. The summed E-state index contributed by atoms with van der Waals surface area (Å²) in [5.41, 5.74) is 3.01. The van der Waals surface area contributed by atoms with Gasteiger partial charge in [-0.25, -0.2) is 4.98 Å². The molecule has 0 saturated carbocycles. The Morgan fingerprint density at radius 3 is 2.83 bits per heavy atom. The second kappa shape index (κ2) is 7.59. The van der Waals surface area contributed by atoms with Gasteiger partial charge < -0.3 is 14.4 Å². The fraction of sp³-hybridized carbons (Fsp3) is 0.375. The van der Waals surface area contributed by atoms with Crippen LogP contribution in [0.5, 0.6) is 0 Å². The molecule has 6 heteroatoms. The van der Waals surface area contributed by atoms with Crippen molar-refractivity contribution in [3.63, 3.8) is 0 Å². The van der Waals surface area contributed by atoms with Gasteiger partial charge in [0.25, 0.3) is 0 Å². The van der Waals surface area contributed by atoms with Crippen LogP contribution >= 0.6 is 0 Å². The molecule has 154 valence electrons. The van der Waals surface area contributed by atoms with E-state index in [9.17, 15) is 4.79 Å². The largest absolute Gasteiger partial charge is 0.355 e. The molecule has 0 unspecified atom stereocenters. The van der Waals surface area contributed by atoms with Gasteiger partial charge in [-0.15, -0.1) is 0 Å². The lowest BCUT2D eigenvalue weighted by Crippen LogP contribution is -2.53. The molecule has 0 N–H and O–H groups in total. The summed E-state index contributed by atoms with van der Waals surface area (Å²) in [4.78, 5) is 26.7. The van der Waals surface area contributed by atoms with Crippen molar-refractivity contribution in [3.8, 4) is 5.82 Å². The first-order chi connectivity index (χ1) is 14.7. The van der Waals surface area contributed by atoms with Gasteiger partial charge in [0.05, 0.1) is 17.8 Å². The molecule has 1 saturated heterocycles. The quantitative estimate of drug-likeness (QED) is 0.656. The molecular formula is C24H27N5O. The highest BCUT2D eigenvalue weighted by molar-refractivity contribution is 5.79. The van der Waals surface area contributed by atoms with Crippen molar-refractivity contribution in [1.82, 2.24) is 19.4 Å². The zero-order chi connectivity index (χ0) is 20.6. The van der Waals surface area contributed by atoms with Gasteiger partial charge in [-0.3, -0.25) is 9.78 Å². The third-order valence-electron chi connectivity index (χ3n) is 6.42. The Hall–Kier alpha value is -3.15. The standard InChI is InChI=1S/C24H27N5O/c1-2-3-15-29-20-9-6-13-26-23(20)28-14-7-10-21(28)24(29)11-16-27(18-24)22(30)17-19-8-4-5-12-25-19/h4-10,12-14H,2-3,11,15-18H2,1H3/t24-/m0/s1. The van der Waals surface area contributed by atoms with E-state index in [1.807, 2.05) is 35.4 Å². The Balaban J connectivity index is 1.50. The van der Waals surface area contributed by atoms with Crippen molar-refractivity contribution < 1.29 is 4.79 Å². The molecule has 0 bridgehead atoms. The molecule has 1 amide bonds. The summed E-state index contributed by atoms with van der Waals surface area (Å²) in [5, 5.41) is 0. The number of pyridine rings is 2. The average molecular weight is 402 g/mol. The summed E-state index contributed by atoms with van der Waals surface area (Å²) in [5.74, 6) is 1.13. The van der Waals surface area contributed by atoms with Gasteiger partial charge in [-0.05, 0) is 49.2 Å². The summed E-state index contributed by atoms with van der Waals surface area (Å²) in [7, 11) is 0. The fourth-order valence-electron chi connectivity index (χ4n) is 4.95. The molecule has 0 aromatic carbocycles. The number of nitrogens with zero attached hydrogens (tertiary/aromatic N) is 5. The molecule has 1 spiro atoms. The van der Waals surface area contributed by atoms with Crippen LogP contribution in [0.15, 0.2) is 61.1 Å². The van der Waals surface area contributed by atoms with Gasteiger partial charge in [0, 0.05) is 43.9 Å². The molecule has 1 fully saturated rings. The van der Waals surface area contributed by atoms with E-state index in [-0.39, 0.29) is 11.4 Å². The van der Waals surface area contributed by atoms with Crippen molar-refractivity contribution in [2.24, 2.45) is 0 Å². The van der Waals surface area contributed by atoms with Crippen LogP contribution in [-0.2, 0) is 16.8 Å². The number of aromatic nitrogens is 3. The normalized spacial score (nSPS) is 19.8. The van der Waals surface area contributed by atoms with Crippen LogP contribution in [0.25, 0.3) is 5.82 Å². The van der Waals surface area contributed by atoms with Gasteiger partial charge in [-0.2, -0.15) is 0 Å². The number of hydrogen-bond donors (Lipinski definition) is 0. The average Bonchev–Trinajstić information content (AvgIpc) is 3.43. The third-order valence-corrected chi connectivity index (χ3v) is 6.42. The second-order valence-electron chi connectivity index (χ2n) is 8.21. The zero-order valence-electron chi connectivity index (χ0n) is 17.4. The van der Waals surface area contributed by atoms with Crippen LogP contribution in [0, 0.1) is 0 Å². The topological polar surface area (TPSA) is 54.3 Å². The van der Waals surface area contributed by atoms with Crippen LogP contribution in [0.3, 0.4) is 0 Å². The molecule has 3 aromatic rings. The van der Waals surface area contributed by atoms with Crippen molar-refractivity contribution in [2.45, 2.75) is 38.1 Å². The highest BCUT2D eigenvalue weighted by atomic mass is 16.2. The minimum absolute atomic E-state index is 0.149. The van der Waals surface area contributed by atoms with E-state index in [1.165, 1.54) is 5.69 Å². The van der Waals surface area contributed by atoms with Gasteiger partial charge in [0.1, 0.15) is 5.54 Å². The molecule has 5 heterocycles. The molecule has 0 radical (unpaired) electrons. The Morgan fingerprint density at radius 1 is 1.10 bits per heavy atom. The maximum Gasteiger partial charge on any atom is 0.228 e. The highest BCUT2D eigenvalue weighted by Gasteiger charge is 2.50. The summed E-state index contributed by atoms with van der Waals surface area (Å²) in [6.07, 6.45) is 9.21. The summed E-state index contributed by atoms with van der Waals surface area (Å²) in [6, 6.07) is 14.2. The van der Waals surface area contributed by atoms with Gasteiger partial charge in [-0.1, -0.05) is 19.4 Å². The molecule has 5 rings (SSSR count). The number of carbonyl (C=O) groups is 1. The lowest BCUT2D eigenvalue weighted by molar-refractivity contribution is -0.129. The molecular weight excluding hydrogens is 374 g/mol. The first-order valence-corrected chi connectivity index (χ1v) is 10.8. The number of likely N-dealkylation sites (tertiary alicyclic amines) is 1. The lowest BCUT2D eigenvalue weighted by Gasteiger charge is -2.47. The van der Waals surface area contributed by atoms with E-state index in [0.29, 0.717) is 13.0 Å². The highest BCUT2D eigenvalue weighted by Crippen LogP contribution is 2.47. The predicted octanol–water partition coefficient (Wildman–Crippen LogP) is 3.56. The summed E-state index contributed by atoms with van der Waals surface area (Å²) < 4.78 is 2.21. The van der Waals surface area contributed by atoms with Gasteiger partial charge in [0.2, 0.25) is 5.91 Å². The minimum atomic E-state index is -0.214. The smallest absolute Gasteiger partial charge is 0.228 e. The number of amides is 1. The number of fused-ring (bicyclic) bond motifs is 4. The first-order valence-electron chi connectivity index (χ1n) is 10.8. The molecule has 0 aliphatic carbocycles. The first kappa shape index (κ1) is 18.9. The number of unbranched alkanes of at least 4 members (excludes halogenated alkanes) is 1. The van der Waals surface area contributed by atoms with Crippen LogP contribution in [0.4, 0.5) is 5.69 Å². The fourth-order valence-corrected chi connectivity index (χ4v) is 4.95. The van der Waals surface area contributed by atoms with Crippen LogP contribution in [0.2, 0.25) is 0 Å². The van der Waals surface area contributed by atoms with Crippen molar-refractivity contribution in [3.05, 3.63) is 72.4 Å². The summed E-state index contributed by atoms with van der Waals surface area (Å²) >= 11 is 0. The maximum absolute atomic E-state index is 13.1. The molecule has 30 heavy (non-hydrogen) atoms. The van der Waals surface area contributed by atoms with E-state index in [0.717, 1.165) is 49.6 Å². The van der Waals surface area contributed by atoms with Crippen molar-refractivity contribution in [1.29, 1.82) is 0 Å². The Kier molecular flexibility index (Phi) is 4.77. The van der Waals surface area contributed by atoms with Crippen LogP contribution in [-0.4, -0.2) is 45.0 Å². The monoisotopic (exact) mass is 401 g/mol. The number of anilines is 1. The zero-order valence-corrected chi connectivity index (χ0v) is 17.4. The van der Waals surface area contributed by atoms with E-state index in [2.05, 4.69) is 50.8 Å². The number of carbonyl (C=O) groups excluding carboxylic acids is 1. The summed E-state index contributed by atoms with van der Waals surface area (Å²) in [6.45, 7) is 4.64. The van der Waals surface area contributed by atoms with E-state index < -0.39 is 0 Å². The van der Waals surface area contributed by atoms with Gasteiger partial charge in [0.15, 0.2) is 5.82 Å². The van der Waals surface area contributed by atoms with E-state index in [4.69, 9.17) is 0 Å². The number of hydrogen-bond acceptors (Lipinski definition) is 4. The number of rotatable bonds is 5. The molecule has 6 nitrogen and oxygen atoms in total. The Morgan fingerprint density at radius 2 is 2.00 bits per heavy atom. The predicted molar refractivity (Wildman–Crippen MR) is 117 cm³/mol. The van der Waals surface area contributed by atoms with Crippen molar-refractivity contribution in [2.75, 3.05) is 24.5 Å². The van der Waals surface area contributed by atoms with Crippen LogP contribution < -0.4 is 4.90 Å². The van der Waals surface area contributed by atoms with E-state index >= 15 is 0 Å². The van der Waals surface area contributed by atoms with Gasteiger partial charge >= 0.3 is 0 Å². The third kappa shape index (κ3) is 2.98. The second-order valence-corrected chi connectivity index (χ2v) is 8.21. The molecule has 3 aromatic heterocycles. The Labute approximate surface area is 177 Å². The molecule has 1 atom stereocenters. The van der Waals surface area contributed by atoms with Crippen LogP contribution in [0.1, 0.15) is 37.6 Å². The molecule has 2 aliphatic rings.